The molecule has 13 heavy (non-hydrogen) atoms. The highest BCUT2D eigenvalue weighted by atomic mass is 14.9. The standard InChI is InChI=1S/C12H23N/c1-10-4-6-11(7-5-10)12-3-2-8-13-9-12/h10-13H,2-9H2,1H3/t10?,11?,12-/m1/s1. The first-order valence-corrected chi connectivity index (χ1v) is 6.07. The van der Waals surface area contributed by atoms with Crippen LogP contribution in [0.3, 0.4) is 0 Å². The zero-order chi connectivity index (χ0) is 9.10. The second-order valence-corrected chi connectivity index (χ2v) is 5.13. The molecule has 1 atom stereocenters. The molecule has 0 amide bonds. The van der Waals surface area contributed by atoms with Gasteiger partial charge >= 0.3 is 0 Å². The number of rotatable bonds is 1. The highest BCUT2D eigenvalue weighted by Crippen LogP contribution is 2.35. The summed E-state index contributed by atoms with van der Waals surface area (Å²) in [5.74, 6) is 3.08. The molecule has 1 heterocycles. The van der Waals surface area contributed by atoms with Crippen molar-refractivity contribution in [3.63, 3.8) is 0 Å². The minimum atomic E-state index is 1.01. The van der Waals surface area contributed by atoms with Crippen LogP contribution in [0.4, 0.5) is 0 Å². The van der Waals surface area contributed by atoms with Gasteiger partial charge in [0, 0.05) is 0 Å². The molecule has 1 heteroatoms. The van der Waals surface area contributed by atoms with Crippen molar-refractivity contribution in [2.75, 3.05) is 13.1 Å². The maximum absolute atomic E-state index is 3.54. The van der Waals surface area contributed by atoms with Crippen LogP contribution in [0.5, 0.6) is 0 Å². The van der Waals surface area contributed by atoms with E-state index in [1.54, 1.807) is 0 Å². The van der Waals surface area contributed by atoms with Crippen molar-refractivity contribution in [1.82, 2.24) is 5.32 Å². The lowest BCUT2D eigenvalue weighted by molar-refractivity contribution is 0.182. The van der Waals surface area contributed by atoms with E-state index in [0.717, 1.165) is 17.8 Å². The molecular weight excluding hydrogens is 158 g/mol. The molecule has 2 fully saturated rings. The van der Waals surface area contributed by atoms with Gasteiger partial charge in [0.1, 0.15) is 0 Å². The summed E-state index contributed by atoms with van der Waals surface area (Å²) in [6.07, 6.45) is 8.89. The Morgan fingerprint density at radius 1 is 0.923 bits per heavy atom. The van der Waals surface area contributed by atoms with Crippen molar-refractivity contribution in [2.45, 2.75) is 45.4 Å². The van der Waals surface area contributed by atoms with Gasteiger partial charge < -0.3 is 5.32 Å². The highest BCUT2D eigenvalue weighted by Gasteiger charge is 2.26. The fourth-order valence-corrected chi connectivity index (χ4v) is 3.04. The van der Waals surface area contributed by atoms with Gasteiger partial charge in [-0.1, -0.05) is 19.8 Å². The lowest BCUT2D eigenvalue weighted by atomic mass is 9.74. The molecule has 0 aromatic heterocycles. The van der Waals surface area contributed by atoms with E-state index in [-0.39, 0.29) is 0 Å². The van der Waals surface area contributed by atoms with Crippen LogP contribution in [-0.4, -0.2) is 13.1 Å². The summed E-state index contributed by atoms with van der Waals surface area (Å²) in [7, 11) is 0. The van der Waals surface area contributed by atoms with Crippen LogP contribution < -0.4 is 5.32 Å². The Bertz CT molecular complexity index is 141. The minimum absolute atomic E-state index is 1.01. The largest absolute Gasteiger partial charge is 0.316 e. The number of piperidine rings is 1. The Morgan fingerprint density at radius 2 is 1.69 bits per heavy atom. The zero-order valence-electron chi connectivity index (χ0n) is 8.89. The third-order valence-electron chi connectivity index (χ3n) is 4.06. The molecule has 1 aliphatic carbocycles. The van der Waals surface area contributed by atoms with Crippen molar-refractivity contribution in [3.05, 3.63) is 0 Å². The van der Waals surface area contributed by atoms with Crippen molar-refractivity contribution in [2.24, 2.45) is 17.8 Å². The van der Waals surface area contributed by atoms with Gasteiger partial charge in [0.05, 0.1) is 0 Å². The van der Waals surface area contributed by atoms with Gasteiger partial charge in [-0.15, -0.1) is 0 Å². The molecular formula is C12H23N. The first-order valence-electron chi connectivity index (χ1n) is 6.07. The average Bonchev–Trinajstić information content (AvgIpc) is 2.20. The number of nitrogens with one attached hydrogen (secondary N) is 1. The third kappa shape index (κ3) is 2.46. The molecule has 1 nitrogen and oxygen atoms in total. The fraction of sp³-hybridized carbons (Fsp3) is 1.00. The summed E-state index contributed by atoms with van der Waals surface area (Å²) in [5.41, 5.74) is 0. The highest BCUT2D eigenvalue weighted by molar-refractivity contribution is 4.80. The zero-order valence-corrected chi connectivity index (χ0v) is 8.89. The molecule has 0 bridgehead atoms. The molecule has 2 rings (SSSR count). The van der Waals surface area contributed by atoms with Crippen LogP contribution in [0.1, 0.15) is 45.4 Å². The van der Waals surface area contributed by atoms with Gasteiger partial charge in [-0.3, -0.25) is 0 Å². The van der Waals surface area contributed by atoms with E-state index in [9.17, 15) is 0 Å². The number of hydrogen-bond donors (Lipinski definition) is 1. The predicted octanol–water partition coefficient (Wildman–Crippen LogP) is 2.81. The van der Waals surface area contributed by atoms with Crippen molar-refractivity contribution >= 4 is 0 Å². The average molecular weight is 181 g/mol. The summed E-state index contributed by atoms with van der Waals surface area (Å²) < 4.78 is 0. The third-order valence-corrected chi connectivity index (χ3v) is 4.06. The SMILES string of the molecule is CC1CCC([C@@H]2CCCNC2)CC1. The minimum Gasteiger partial charge on any atom is -0.316 e. The molecule has 2 aliphatic rings. The van der Waals surface area contributed by atoms with E-state index in [2.05, 4.69) is 12.2 Å². The van der Waals surface area contributed by atoms with Gasteiger partial charge in [0.2, 0.25) is 0 Å². The predicted molar refractivity (Wildman–Crippen MR) is 56.7 cm³/mol. The van der Waals surface area contributed by atoms with Crippen LogP contribution in [0.2, 0.25) is 0 Å². The molecule has 0 radical (unpaired) electrons. The van der Waals surface area contributed by atoms with Crippen molar-refractivity contribution in [1.29, 1.82) is 0 Å². The second-order valence-electron chi connectivity index (χ2n) is 5.13. The maximum atomic E-state index is 3.54. The second kappa shape index (κ2) is 4.45. The molecule has 76 valence electrons. The quantitative estimate of drug-likeness (QED) is 0.656. The van der Waals surface area contributed by atoms with E-state index in [1.807, 2.05) is 0 Å². The van der Waals surface area contributed by atoms with Crippen LogP contribution in [0.25, 0.3) is 0 Å². The van der Waals surface area contributed by atoms with Crippen LogP contribution in [0, 0.1) is 17.8 Å². The lowest BCUT2D eigenvalue weighted by Gasteiger charge is -2.35. The Labute approximate surface area is 82.3 Å². The van der Waals surface area contributed by atoms with Gasteiger partial charge in [-0.2, -0.15) is 0 Å². The van der Waals surface area contributed by atoms with Crippen LogP contribution >= 0.6 is 0 Å². The summed E-state index contributed by atoms with van der Waals surface area (Å²) >= 11 is 0. The van der Waals surface area contributed by atoms with Gasteiger partial charge in [-0.05, 0) is 56.5 Å². The van der Waals surface area contributed by atoms with E-state index in [1.165, 1.54) is 51.6 Å². The summed E-state index contributed by atoms with van der Waals surface area (Å²) in [6.45, 7) is 4.98. The normalized spacial score (nSPS) is 41.8. The monoisotopic (exact) mass is 181 g/mol. The van der Waals surface area contributed by atoms with Gasteiger partial charge in [-0.25, -0.2) is 0 Å². The summed E-state index contributed by atoms with van der Waals surface area (Å²) in [4.78, 5) is 0. The van der Waals surface area contributed by atoms with Crippen molar-refractivity contribution in [3.8, 4) is 0 Å². The van der Waals surface area contributed by atoms with E-state index >= 15 is 0 Å². The Morgan fingerprint density at radius 3 is 2.31 bits per heavy atom. The van der Waals surface area contributed by atoms with E-state index in [0.29, 0.717) is 0 Å². The fourth-order valence-electron chi connectivity index (χ4n) is 3.04. The summed E-state index contributed by atoms with van der Waals surface area (Å²) in [5, 5.41) is 3.54. The first kappa shape index (κ1) is 9.51. The molecule has 1 N–H and O–H groups in total. The molecule has 1 saturated carbocycles. The van der Waals surface area contributed by atoms with Crippen LogP contribution in [0.15, 0.2) is 0 Å². The molecule has 1 aliphatic heterocycles. The van der Waals surface area contributed by atoms with E-state index in [4.69, 9.17) is 0 Å². The molecule has 0 aromatic rings. The molecule has 0 spiro atoms. The van der Waals surface area contributed by atoms with Crippen molar-refractivity contribution < 1.29 is 0 Å². The molecule has 0 aromatic carbocycles. The van der Waals surface area contributed by atoms with Gasteiger partial charge in [0.25, 0.3) is 0 Å². The Kier molecular flexibility index (Phi) is 3.26. The Balaban J connectivity index is 1.79. The molecule has 1 saturated heterocycles. The molecule has 0 unspecified atom stereocenters. The van der Waals surface area contributed by atoms with Gasteiger partial charge in [0.15, 0.2) is 0 Å². The lowest BCUT2D eigenvalue weighted by Crippen LogP contribution is -2.35. The smallest absolute Gasteiger partial charge is 0.00179 e. The summed E-state index contributed by atoms with van der Waals surface area (Å²) in [6, 6.07) is 0. The topological polar surface area (TPSA) is 12.0 Å². The Hall–Kier alpha value is -0.0400. The number of hydrogen-bond acceptors (Lipinski definition) is 1. The first-order chi connectivity index (χ1) is 6.36. The van der Waals surface area contributed by atoms with E-state index < -0.39 is 0 Å². The van der Waals surface area contributed by atoms with Crippen LogP contribution in [-0.2, 0) is 0 Å². The maximum Gasteiger partial charge on any atom is -0.00179 e.